The zero-order valence-electron chi connectivity index (χ0n) is 18.3. The van der Waals surface area contributed by atoms with Crippen LogP contribution in [0.4, 0.5) is 5.69 Å². The number of benzene rings is 1. The minimum absolute atomic E-state index is 0.0102. The highest BCUT2D eigenvalue weighted by Crippen LogP contribution is 2.68. The number of hydrogen-bond acceptors (Lipinski definition) is 7. The highest BCUT2D eigenvalue weighted by atomic mass is 16.6. The largest absolute Gasteiger partial charge is 0.632 e. The summed E-state index contributed by atoms with van der Waals surface area (Å²) in [7, 11) is 6.57. The Hall–Kier alpha value is -2.29. The smallest absolute Gasteiger partial charge is 0.206 e. The van der Waals surface area contributed by atoms with Crippen LogP contribution < -0.4 is 14.2 Å². The minimum atomic E-state index is -0.606. The summed E-state index contributed by atoms with van der Waals surface area (Å²) in [5.74, 6) is 3.03. The van der Waals surface area contributed by atoms with Gasteiger partial charge in [0.2, 0.25) is 5.90 Å². The van der Waals surface area contributed by atoms with E-state index in [2.05, 4.69) is 6.08 Å². The first-order valence-corrected chi connectivity index (χ1v) is 10.8. The number of aliphatic imine (C=N–C) groups is 1. The van der Waals surface area contributed by atoms with E-state index in [1.54, 1.807) is 34.5 Å². The Morgan fingerprint density at radius 1 is 1.23 bits per heavy atom. The summed E-state index contributed by atoms with van der Waals surface area (Å²) in [5, 5.41) is 14.5. The van der Waals surface area contributed by atoms with Gasteiger partial charge in [0.25, 0.3) is 0 Å². The van der Waals surface area contributed by atoms with Crippen molar-refractivity contribution < 1.29 is 28.3 Å². The number of piperidine rings is 3. The van der Waals surface area contributed by atoms with E-state index in [1.807, 2.05) is 0 Å². The third kappa shape index (κ3) is 2.13. The molecule has 6 aliphatic rings. The van der Waals surface area contributed by atoms with Gasteiger partial charge in [0, 0.05) is 37.5 Å². The Labute approximate surface area is 181 Å². The monoisotopic (exact) mass is 428 g/mol. The molecule has 7 rings (SSSR count). The van der Waals surface area contributed by atoms with Crippen molar-refractivity contribution in [3.8, 4) is 17.2 Å². The minimum Gasteiger partial charge on any atom is -0.632 e. The van der Waals surface area contributed by atoms with Gasteiger partial charge in [0.15, 0.2) is 11.5 Å². The molecule has 0 amide bonds. The number of nitrogens with zero attached hydrogens (tertiary/aromatic N) is 2. The van der Waals surface area contributed by atoms with E-state index in [0.717, 1.165) is 18.4 Å². The maximum atomic E-state index is 14.5. The molecular formula is C23H28N2O6. The molecule has 6 heterocycles. The normalized spacial score (nSPS) is 39.6. The van der Waals surface area contributed by atoms with Crippen LogP contribution in [0.15, 0.2) is 22.7 Å². The summed E-state index contributed by atoms with van der Waals surface area (Å²) in [6, 6.07) is 1.63. The molecule has 0 aromatic heterocycles. The summed E-state index contributed by atoms with van der Waals surface area (Å²) in [6.07, 6.45) is 3.65. The first kappa shape index (κ1) is 19.4. The molecule has 1 aromatic rings. The van der Waals surface area contributed by atoms with Crippen molar-refractivity contribution in [1.29, 1.82) is 0 Å². The molecule has 8 nitrogen and oxygen atoms in total. The molecule has 5 fully saturated rings. The molecule has 1 aromatic carbocycles. The topological polar surface area (TPSA) is 81.6 Å². The number of rotatable bonds is 5. The van der Waals surface area contributed by atoms with Gasteiger partial charge in [-0.1, -0.05) is 6.08 Å². The van der Waals surface area contributed by atoms with Crippen LogP contribution in [-0.2, 0) is 14.9 Å². The van der Waals surface area contributed by atoms with E-state index in [0.29, 0.717) is 54.5 Å². The van der Waals surface area contributed by atoms with Gasteiger partial charge in [0.1, 0.15) is 29.4 Å². The van der Waals surface area contributed by atoms with E-state index in [9.17, 15) is 5.21 Å². The van der Waals surface area contributed by atoms with E-state index in [-0.39, 0.29) is 22.6 Å². The van der Waals surface area contributed by atoms with Gasteiger partial charge < -0.3 is 33.5 Å². The van der Waals surface area contributed by atoms with E-state index in [4.69, 9.17) is 28.7 Å². The Morgan fingerprint density at radius 3 is 2.74 bits per heavy atom. The highest BCUT2D eigenvalue weighted by Gasteiger charge is 2.75. The third-order valence-corrected chi connectivity index (χ3v) is 8.38. The molecule has 0 N–H and O–H groups in total. The van der Waals surface area contributed by atoms with Crippen molar-refractivity contribution in [2.45, 2.75) is 30.3 Å². The maximum absolute atomic E-state index is 14.5. The van der Waals surface area contributed by atoms with Crippen LogP contribution in [0.2, 0.25) is 0 Å². The first-order chi connectivity index (χ1) is 15.0. The van der Waals surface area contributed by atoms with Crippen LogP contribution in [0.3, 0.4) is 0 Å². The van der Waals surface area contributed by atoms with Crippen LogP contribution in [0.1, 0.15) is 18.4 Å². The van der Waals surface area contributed by atoms with Crippen LogP contribution in [0.25, 0.3) is 0 Å². The average molecular weight is 428 g/mol. The molecule has 1 spiro atoms. The standard InChI is InChI=1S/C23H28N2O6/c1-27-6-5-12-10-25(26)15-9-23-18(25)7-13(12)14(15)11-31-22(23)24-20-16(28-2)8-17(29-3)21(30-4)19(20)23/h5,8,13-15,18H,6-7,9-11H2,1-4H3/b12-5+/t13-,14-,15-,18-,23+,25?/m0/s1. The Bertz CT molecular complexity index is 1020. The molecule has 5 saturated heterocycles. The van der Waals surface area contributed by atoms with E-state index < -0.39 is 5.41 Å². The SMILES string of the molecule is COC/C=C1\C[N+]2([O-])[C@H]3C[C@]45C(=Nc6c(OC)cc(OC)c(OC)c64)OC[C@H]3[C@H]1C[C@@H]52. The molecule has 1 unspecified atom stereocenters. The Morgan fingerprint density at radius 2 is 2.03 bits per heavy atom. The average Bonchev–Trinajstić information content (AvgIpc) is 3.07. The number of ether oxygens (including phenoxy) is 5. The van der Waals surface area contributed by atoms with Gasteiger partial charge in [0.05, 0.1) is 46.5 Å². The molecule has 8 heteroatoms. The summed E-state index contributed by atoms with van der Waals surface area (Å²) in [5.41, 5.74) is 2.23. The predicted octanol–water partition coefficient (Wildman–Crippen LogP) is 2.70. The van der Waals surface area contributed by atoms with Crippen LogP contribution >= 0.6 is 0 Å². The van der Waals surface area contributed by atoms with Crippen molar-refractivity contribution in [2.75, 3.05) is 48.2 Å². The number of quaternary nitrogens is 1. The zero-order valence-corrected chi connectivity index (χ0v) is 18.3. The number of methoxy groups -OCH3 is 4. The third-order valence-electron chi connectivity index (χ3n) is 8.38. The Kier molecular flexibility index (Phi) is 3.99. The second kappa shape index (κ2) is 6.37. The van der Waals surface area contributed by atoms with Gasteiger partial charge >= 0.3 is 0 Å². The number of fused-ring (bicyclic) bond motifs is 2. The van der Waals surface area contributed by atoms with Crippen molar-refractivity contribution in [3.05, 3.63) is 28.5 Å². The fraction of sp³-hybridized carbons (Fsp3) is 0.609. The fourth-order valence-electron chi connectivity index (χ4n) is 7.24. The van der Waals surface area contributed by atoms with Crippen molar-refractivity contribution in [3.63, 3.8) is 0 Å². The van der Waals surface area contributed by atoms with Crippen molar-refractivity contribution >= 4 is 11.6 Å². The summed E-state index contributed by atoms with van der Waals surface area (Å²) >= 11 is 0. The molecule has 0 radical (unpaired) electrons. The van der Waals surface area contributed by atoms with Crippen LogP contribution in [0, 0.1) is 17.0 Å². The van der Waals surface area contributed by atoms with Gasteiger partial charge in [-0.2, -0.15) is 0 Å². The molecular weight excluding hydrogens is 400 g/mol. The van der Waals surface area contributed by atoms with Gasteiger partial charge in [-0.25, -0.2) is 4.99 Å². The van der Waals surface area contributed by atoms with E-state index in [1.165, 1.54) is 5.57 Å². The second-order valence-electron chi connectivity index (χ2n) is 9.28. The molecule has 166 valence electrons. The van der Waals surface area contributed by atoms with E-state index >= 15 is 0 Å². The van der Waals surface area contributed by atoms with Crippen LogP contribution in [-0.4, -0.2) is 70.8 Å². The molecule has 31 heavy (non-hydrogen) atoms. The lowest BCUT2D eigenvalue weighted by Crippen LogP contribution is -2.70. The number of hydroxylamine groups is 3. The molecule has 0 aliphatic carbocycles. The summed E-state index contributed by atoms with van der Waals surface area (Å²) in [4.78, 5) is 4.91. The van der Waals surface area contributed by atoms with Crippen molar-refractivity contribution in [2.24, 2.45) is 16.8 Å². The van der Waals surface area contributed by atoms with Gasteiger partial charge in [-0.15, -0.1) is 0 Å². The maximum Gasteiger partial charge on any atom is 0.206 e. The lowest BCUT2D eigenvalue weighted by Gasteiger charge is -2.63. The number of hydrogen-bond donors (Lipinski definition) is 0. The lowest BCUT2D eigenvalue weighted by atomic mass is 9.67. The second-order valence-corrected chi connectivity index (χ2v) is 9.28. The molecule has 5 bridgehead atoms. The van der Waals surface area contributed by atoms with Gasteiger partial charge in [-0.3, -0.25) is 0 Å². The molecule has 0 saturated carbocycles. The van der Waals surface area contributed by atoms with Crippen molar-refractivity contribution in [1.82, 2.24) is 0 Å². The Balaban J connectivity index is 1.58. The van der Waals surface area contributed by atoms with Gasteiger partial charge in [-0.05, 0) is 5.57 Å². The molecule has 6 atom stereocenters. The highest BCUT2D eigenvalue weighted by molar-refractivity contribution is 6.01. The first-order valence-electron chi connectivity index (χ1n) is 10.8. The van der Waals surface area contributed by atoms with Crippen LogP contribution in [0.5, 0.6) is 17.2 Å². The summed E-state index contributed by atoms with van der Waals surface area (Å²) in [6.45, 7) is 1.58. The quantitative estimate of drug-likeness (QED) is 0.408. The molecule has 6 aliphatic heterocycles. The lowest BCUT2D eigenvalue weighted by molar-refractivity contribution is -0.932. The zero-order chi connectivity index (χ0) is 21.5. The fourth-order valence-corrected chi connectivity index (χ4v) is 7.24. The predicted molar refractivity (Wildman–Crippen MR) is 113 cm³/mol. The summed E-state index contributed by atoms with van der Waals surface area (Å²) < 4.78 is 28.6.